The van der Waals surface area contributed by atoms with Crippen LogP contribution in [0.15, 0.2) is 12.1 Å². The summed E-state index contributed by atoms with van der Waals surface area (Å²) in [5, 5.41) is 0. The Balaban J connectivity index is 1.66. The molecule has 2 atom stereocenters. The first-order valence-corrected chi connectivity index (χ1v) is 12.5. The van der Waals surface area contributed by atoms with Gasteiger partial charge in [0.1, 0.15) is 0 Å². The number of hydrogen-bond acceptors (Lipinski definition) is 6. The molecule has 1 aromatic rings. The third kappa shape index (κ3) is 5.90. The van der Waals surface area contributed by atoms with Crippen molar-refractivity contribution in [1.82, 2.24) is 9.80 Å². The largest absolute Gasteiger partial charge is 0.376 e. The number of rotatable bonds is 8. The molecule has 1 amide bonds. The molecular formula is C18H27ClN2O4S2. The van der Waals surface area contributed by atoms with Gasteiger partial charge in [-0.15, -0.1) is 11.3 Å². The lowest BCUT2D eigenvalue weighted by molar-refractivity contribution is -0.136. The molecule has 2 unspecified atom stereocenters. The lowest BCUT2D eigenvalue weighted by atomic mass is 10.1. The Labute approximate surface area is 170 Å². The van der Waals surface area contributed by atoms with Gasteiger partial charge in [-0.25, -0.2) is 8.42 Å². The van der Waals surface area contributed by atoms with Crippen molar-refractivity contribution in [3.8, 4) is 0 Å². The maximum atomic E-state index is 13.1. The van der Waals surface area contributed by atoms with Crippen LogP contribution in [0.25, 0.3) is 0 Å². The van der Waals surface area contributed by atoms with E-state index < -0.39 is 9.84 Å². The Morgan fingerprint density at radius 3 is 2.74 bits per heavy atom. The first-order chi connectivity index (χ1) is 12.9. The molecule has 0 radical (unpaired) electrons. The van der Waals surface area contributed by atoms with Crippen molar-refractivity contribution < 1.29 is 17.9 Å². The maximum absolute atomic E-state index is 13.1. The second kappa shape index (κ2) is 9.22. The minimum atomic E-state index is -3.05. The van der Waals surface area contributed by atoms with Gasteiger partial charge in [0.15, 0.2) is 9.84 Å². The number of ether oxygens (including phenoxy) is 1. The number of carbonyl (C=O) groups excluding carboxylic acids is 1. The lowest BCUT2D eigenvalue weighted by Gasteiger charge is -2.32. The van der Waals surface area contributed by atoms with Crippen molar-refractivity contribution in [2.24, 2.45) is 0 Å². The van der Waals surface area contributed by atoms with Crippen LogP contribution in [0.2, 0.25) is 4.34 Å². The van der Waals surface area contributed by atoms with E-state index in [4.69, 9.17) is 16.3 Å². The smallest absolute Gasteiger partial charge is 0.237 e. The van der Waals surface area contributed by atoms with E-state index in [2.05, 4.69) is 4.90 Å². The highest BCUT2D eigenvalue weighted by molar-refractivity contribution is 7.91. The van der Waals surface area contributed by atoms with Crippen LogP contribution in [0, 0.1) is 0 Å². The van der Waals surface area contributed by atoms with Crippen molar-refractivity contribution in [2.45, 2.75) is 44.9 Å². The van der Waals surface area contributed by atoms with Gasteiger partial charge in [0, 0.05) is 30.6 Å². The quantitative estimate of drug-likeness (QED) is 0.628. The molecule has 0 aromatic carbocycles. The highest BCUT2D eigenvalue weighted by Gasteiger charge is 2.36. The number of amides is 1. The lowest BCUT2D eigenvalue weighted by Crippen LogP contribution is -2.49. The normalized spacial score (nSPS) is 24.6. The zero-order chi connectivity index (χ0) is 19.4. The van der Waals surface area contributed by atoms with Gasteiger partial charge in [-0.3, -0.25) is 9.69 Å². The molecule has 2 aliphatic heterocycles. The molecule has 0 bridgehead atoms. The van der Waals surface area contributed by atoms with E-state index in [-0.39, 0.29) is 36.1 Å². The molecule has 0 spiro atoms. The summed E-state index contributed by atoms with van der Waals surface area (Å²) in [7, 11) is -3.05. The molecule has 3 heterocycles. The summed E-state index contributed by atoms with van der Waals surface area (Å²) < 4.78 is 30.3. The van der Waals surface area contributed by atoms with Gasteiger partial charge in [0.25, 0.3) is 0 Å². The number of carbonyl (C=O) groups is 1. The zero-order valence-electron chi connectivity index (χ0n) is 15.6. The van der Waals surface area contributed by atoms with Gasteiger partial charge in [-0.1, -0.05) is 18.5 Å². The molecule has 2 aliphatic rings. The maximum Gasteiger partial charge on any atom is 0.237 e. The Morgan fingerprint density at radius 2 is 2.19 bits per heavy atom. The van der Waals surface area contributed by atoms with Gasteiger partial charge in [0.2, 0.25) is 5.91 Å². The standard InChI is InChI=1S/C18H27ClN2O4S2/c1-2-20(11-16-5-6-17(19)26-16)12-18(22)21(10-15-4-3-8-25-15)14-7-9-27(23,24)13-14/h5-6,14-15H,2-4,7-13H2,1H3. The van der Waals surface area contributed by atoms with Crippen LogP contribution >= 0.6 is 22.9 Å². The van der Waals surface area contributed by atoms with Gasteiger partial charge >= 0.3 is 0 Å². The Kier molecular flexibility index (Phi) is 7.19. The summed E-state index contributed by atoms with van der Waals surface area (Å²) in [5.41, 5.74) is 0. The minimum Gasteiger partial charge on any atom is -0.376 e. The number of thiophene rings is 1. The van der Waals surface area contributed by atoms with Crippen molar-refractivity contribution in [2.75, 3.05) is 37.7 Å². The summed E-state index contributed by atoms with van der Waals surface area (Å²) in [6, 6.07) is 3.61. The van der Waals surface area contributed by atoms with Crippen LogP contribution in [0.4, 0.5) is 0 Å². The third-order valence-corrected chi connectivity index (χ3v) is 8.17. The summed E-state index contributed by atoms with van der Waals surface area (Å²) >= 11 is 7.52. The van der Waals surface area contributed by atoms with E-state index in [1.54, 1.807) is 4.90 Å². The molecular weight excluding hydrogens is 408 g/mol. The van der Waals surface area contributed by atoms with E-state index in [0.717, 1.165) is 35.2 Å². The Bertz CT molecular complexity index is 746. The number of nitrogens with zero attached hydrogens (tertiary/aromatic N) is 2. The van der Waals surface area contributed by atoms with E-state index >= 15 is 0 Å². The summed E-state index contributed by atoms with van der Waals surface area (Å²) in [6.07, 6.45) is 2.46. The first-order valence-electron chi connectivity index (χ1n) is 9.44. The second-order valence-corrected chi connectivity index (χ2v) is 11.3. The number of likely N-dealkylation sites (N-methyl/N-ethyl adjacent to an activating group) is 1. The second-order valence-electron chi connectivity index (χ2n) is 7.25. The van der Waals surface area contributed by atoms with Crippen LogP contribution in [0.5, 0.6) is 0 Å². The number of sulfone groups is 1. The van der Waals surface area contributed by atoms with Gasteiger partial charge in [-0.05, 0) is 37.9 Å². The monoisotopic (exact) mass is 434 g/mol. The summed E-state index contributed by atoms with van der Waals surface area (Å²) in [4.78, 5) is 18.1. The van der Waals surface area contributed by atoms with Crippen molar-refractivity contribution in [1.29, 1.82) is 0 Å². The van der Waals surface area contributed by atoms with Gasteiger partial charge < -0.3 is 9.64 Å². The third-order valence-electron chi connectivity index (χ3n) is 5.21. The summed E-state index contributed by atoms with van der Waals surface area (Å²) in [6.45, 7) is 4.90. The predicted octanol–water partition coefficient (Wildman–Crippen LogP) is 2.42. The number of halogens is 1. The molecule has 0 saturated carbocycles. The SMILES string of the molecule is CCN(CC(=O)N(CC1CCCO1)C1CCS(=O)(=O)C1)Cc1ccc(Cl)s1. The molecule has 0 N–H and O–H groups in total. The molecule has 6 nitrogen and oxygen atoms in total. The average Bonchev–Trinajstić information content (AvgIpc) is 3.34. The highest BCUT2D eigenvalue weighted by atomic mass is 35.5. The fourth-order valence-electron chi connectivity index (χ4n) is 3.70. The molecule has 152 valence electrons. The first kappa shape index (κ1) is 21.0. The van der Waals surface area contributed by atoms with Crippen molar-refractivity contribution in [3.05, 3.63) is 21.3 Å². The van der Waals surface area contributed by atoms with Crippen LogP contribution in [-0.2, 0) is 25.9 Å². The number of hydrogen-bond donors (Lipinski definition) is 0. The van der Waals surface area contributed by atoms with E-state index in [0.29, 0.717) is 19.5 Å². The molecule has 9 heteroatoms. The zero-order valence-corrected chi connectivity index (χ0v) is 18.0. The van der Waals surface area contributed by atoms with Crippen molar-refractivity contribution in [3.63, 3.8) is 0 Å². The van der Waals surface area contributed by atoms with Crippen molar-refractivity contribution >= 4 is 38.7 Å². The average molecular weight is 435 g/mol. The highest BCUT2D eigenvalue weighted by Crippen LogP contribution is 2.24. The van der Waals surface area contributed by atoms with Crippen LogP contribution in [0.3, 0.4) is 0 Å². The molecule has 2 saturated heterocycles. The molecule has 1 aromatic heterocycles. The Hall–Kier alpha value is -0.670. The van der Waals surface area contributed by atoms with Crippen LogP contribution < -0.4 is 0 Å². The van der Waals surface area contributed by atoms with Gasteiger partial charge in [-0.2, -0.15) is 0 Å². The fraction of sp³-hybridized carbons (Fsp3) is 0.722. The fourth-order valence-corrected chi connectivity index (χ4v) is 6.56. The topological polar surface area (TPSA) is 66.9 Å². The minimum absolute atomic E-state index is 0.0166. The predicted molar refractivity (Wildman–Crippen MR) is 108 cm³/mol. The Morgan fingerprint density at radius 1 is 1.37 bits per heavy atom. The van der Waals surface area contributed by atoms with E-state index in [9.17, 15) is 13.2 Å². The summed E-state index contributed by atoms with van der Waals surface area (Å²) in [5.74, 6) is 0.216. The van der Waals surface area contributed by atoms with E-state index in [1.165, 1.54) is 11.3 Å². The molecule has 3 rings (SSSR count). The molecule has 2 fully saturated rings. The molecule has 0 aliphatic carbocycles. The van der Waals surface area contributed by atoms with E-state index in [1.807, 2.05) is 19.1 Å². The van der Waals surface area contributed by atoms with Crippen LogP contribution in [-0.4, -0.2) is 74.0 Å². The van der Waals surface area contributed by atoms with Crippen LogP contribution in [0.1, 0.15) is 31.1 Å². The molecule has 27 heavy (non-hydrogen) atoms. The van der Waals surface area contributed by atoms with Gasteiger partial charge in [0.05, 0.1) is 28.5 Å².